The summed E-state index contributed by atoms with van der Waals surface area (Å²) in [7, 11) is 10.1. The molecule has 27 rings (SSSR count). The average Bonchev–Trinajstić information content (AvgIpc) is 1.60. The predicted octanol–water partition coefficient (Wildman–Crippen LogP) is 30.7. The molecule has 0 atom stereocenters. The fourth-order valence-corrected chi connectivity index (χ4v) is 20.6. The van der Waals surface area contributed by atoms with Crippen molar-refractivity contribution in [2.75, 3.05) is 0 Å². The molecule has 0 saturated heterocycles. The molecular formula is C128H102N7O5+5. The maximum Gasteiger partial charge on any atom is 0.224 e. The van der Waals surface area contributed by atoms with Gasteiger partial charge in [-0.1, -0.05) is 236 Å². The lowest BCUT2D eigenvalue weighted by molar-refractivity contribution is -0.659. The van der Waals surface area contributed by atoms with Crippen LogP contribution in [0.4, 0.5) is 0 Å². The summed E-state index contributed by atoms with van der Waals surface area (Å²) >= 11 is 0. The summed E-state index contributed by atoms with van der Waals surface area (Å²) < 4.78 is 113. The van der Waals surface area contributed by atoms with Crippen molar-refractivity contribution in [3.8, 4) is 78.5 Å². The van der Waals surface area contributed by atoms with E-state index in [0.29, 0.717) is 22.1 Å². The highest BCUT2D eigenvalue weighted by Gasteiger charge is 2.30. The van der Waals surface area contributed by atoms with Gasteiger partial charge in [-0.25, -0.2) is 18.3 Å². The monoisotopic (exact) mass is 1830 g/mol. The number of benzene rings is 15. The van der Waals surface area contributed by atoms with Crippen LogP contribution < -0.4 is 22.8 Å². The fourth-order valence-electron chi connectivity index (χ4n) is 20.6. The summed E-state index contributed by atoms with van der Waals surface area (Å²) in [5.74, 6) is 0. The van der Waals surface area contributed by atoms with Crippen molar-refractivity contribution >= 4 is 164 Å². The van der Waals surface area contributed by atoms with Gasteiger partial charge in [0.1, 0.15) is 107 Å². The lowest BCUT2D eigenvalue weighted by Gasteiger charge is -2.08. The zero-order chi connectivity index (χ0) is 103. The number of aryl methyl sites for hydroxylation is 13. The van der Waals surface area contributed by atoms with Crippen LogP contribution in [0.3, 0.4) is 0 Å². The first kappa shape index (κ1) is 76.9. The van der Waals surface area contributed by atoms with E-state index in [9.17, 15) is 0 Å². The Hall–Kier alpha value is -17.4. The third-order valence-corrected chi connectivity index (χ3v) is 27.5. The Bertz CT molecular complexity index is 10100. The third kappa shape index (κ3) is 15.3. The smallest absolute Gasteiger partial charge is 0.224 e. The molecular weight excluding hydrogens is 1720 g/mol. The highest BCUT2D eigenvalue weighted by molar-refractivity contribution is 6.22. The van der Waals surface area contributed by atoms with Crippen LogP contribution in [-0.2, 0) is 35.2 Å². The van der Waals surface area contributed by atoms with Gasteiger partial charge in [0.05, 0.1) is 17.0 Å². The van der Waals surface area contributed by atoms with Crippen LogP contribution in [0, 0.1) is 55.2 Å². The van der Waals surface area contributed by atoms with Crippen molar-refractivity contribution in [1.82, 2.24) is 9.97 Å². The molecule has 0 aliphatic heterocycles. The summed E-state index contributed by atoms with van der Waals surface area (Å²) in [6, 6.07) is 115. The summed E-state index contributed by atoms with van der Waals surface area (Å²) in [5, 5.41) is 19.2. The zero-order valence-corrected chi connectivity index (χ0v) is 79.0. The normalized spacial score (nSPS) is 12.8. The lowest BCUT2D eigenvalue weighted by Crippen LogP contribution is -2.31. The van der Waals surface area contributed by atoms with Gasteiger partial charge in [0.25, 0.3) is 0 Å². The van der Waals surface area contributed by atoms with Crippen molar-refractivity contribution in [3.05, 3.63) is 428 Å². The average molecular weight is 1830 g/mol. The van der Waals surface area contributed by atoms with Crippen LogP contribution in [0.2, 0.25) is 0 Å². The molecule has 12 aromatic heterocycles. The zero-order valence-electron chi connectivity index (χ0n) is 88.0. The van der Waals surface area contributed by atoms with Crippen LogP contribution in [0.1, 0.15) is 56.8 Å². The van der Waals surface area contributed by atoms with Crippen molar-refractivity contribution < 1.29 is 57.3 Å². The Balaban J connectivity index is 0.000000103. The first-order chi connectivity index (χ1) is 71.9. The Kier molecular flexibility index (Phi) is 19.4. The molecule has 12 nitrogen and oxygen atoms in total. The van der Waals surface area contributed by atoms with E-state index < -0.39 is 20.6 Å². The second-order valence-electron chi connectivity index (χ2n) is 36.5. The van der Waals surface area contributed by atoms with E-state index >= 15 is 0 Å². The Morgan fingerprint density at radius 3 is 1.19 bits per heavy atom. The largest absolute Gasteiger partial charge is 0.455 e. The minimum absolute atomic E-state index is 0.130. The topological polar surface area (TPSA) is 111 Å². The number of hydrogen-bond donors (Lipinski definition) is 0. The van der Waals surface area contributed by atoms with E-state index in [1.165, 1.54) is 77.4 Å². The highest BCUT2D eigenvalue weighted by atomic mass is 16.3. The quantitative estimate of drug-likeness (QED) is 0.146. The Morgan fingerprint density at radius 2 is 0.650 bits per heavy atom. The highest BCUT2D eigenvalue weighted by Crippen LogP contribution is 2.46. The van der Waals surface area contributed by atoms with Gasteiger partial charge in [-0.05, 0) is 218 Å². The SMILES string of the molecule is Cc1ccccc1-c1c2c(cc[n+]1C)oc1c2ccc2cccnc21.Cc1ccccc1-c1c2c(cc[n+]1C)oc1c3cc(-c4ccccc4)ccc3ccc12.Cc1ccccc1-c1cc2oc3c4ccccc4ccc3c2c[n+]1C.[2H]C([2H])([2H])c1ccc(-c2c3c(cc[n+]2C)oc2c3ccc3cccnc32)c(C)c1.[2H]C([2H])([2H])c1ccc(-c2c3c(oc4cc5ccc(-c6ccccc6)cc5cc43)c(C([2H])([2H])[2H])c[n+]2C)c(C)c1. The van der Waals surface area contributed by atoms with Gasteiger partial charge in [-0.15, -0.1) is 0 Å². The molecule has 12 heteroatoms. The molecule has 140 heavy (non-hydrogen) atoms. The second kappa shape index (κ2) is 35.4. The number of aromatic nitrogens is 7. The van der Waals surface area contributed by atoms with E-state index in [2.05, 4.69) is 331 Å². The molecule has 0 saturated carbocycles. The lowest BCUT2D eigenvalue weighted by atomic mass is 9.96. The van der Waals surface area contributed by atoms with Gasteiger partial charge in [0.15, 0.2) is 47.7 Å². The van der Waals surface area contributed by atoms with Gasteiger partial charge in [0, 0.05) is 119 Å². The maximum absolute atomic E-state index is 8.20. The third-order valence-electron chi connectivity index (χ3n) is 27.5. The second-order valence-corrected chi connectivity index (χ2v) is 36.5. The van der Waals surface area contributed by atoms with Gasteiger partial charge in [-0.2, -0.15) is 4.57 Å². The molecule has 12 heterocycles. The van der Waals surface area contributed by atoms with Gasteiger partial charge in [-0.3, -0.25) is 9.97 Å². The fraction of sp³-hybridized carbons (Fsp3) is 0.102. The molecule has 15 aromatic carbocycles. The molecule has 0 fully saturated rings. The molecule has 0 amide bonds. The van der Waals surface area contributed by atoms with E-state index in [1.807, 2.05) is 107 Å². The van der Waals surface area contributed by atoms with Gasteiger partial charge >= 0.3 is 0 Å². The predicted molar refractivity (Wildman–Crippen MR) is 574 cm³/mol. The van der Waals surface area contributed by atoms with Crippen molar-refractivity contribution in [2.24, 2.45) is 35.2 Å². The molecule has 0 aliphatic rings. The maximum atomic E-state index is 8.20. The van der Waals surface area contributed by atoms with Crippen LogP contribution in [-0.4, -0.2) is 9.97 Å². The molecule has 0 bridgehead atoms. The number of hydrogen-bond acceptors (Lipinski definition) is 7. The summed E-state index contributed by atoms with van der Waals surface area (Å²) in [6.07, 6.45) is 13.5. The number of fused-ring (bicyclic) bond motifs is 24. The van der Waals surface area contributed by atoms with E-state index in [1.54, 1.807) is 47.3 Å². The minimum Gasteiger partial charge on any atom is -0.455 e. The molecule has 674 valence electrons. The Morgan fingerprint density at radius 1 is 0.229 bits per heavy atom. The van der Waals surface area contributed by atoms with Gasteiger partial charge < -0.3 is 22.1 Å². The number of pyridine rings is 7. The molecule has 0 N–H and O–H groups in total. The van der Waals surface area contributed by atoms with Gasteiger partial charge in [0.2, 0.25) is 28.5 Å². The summed E-state index contributed by atoms with van der Waals surface area (Å²) in [6.45, 7) is 3.55. The minimum atomic E-state index is -2.39. The first-order valence-electron chi connectivity index (χ1n) is 51.5. The molecule has 0 spiro atoms. The summed E-state index contributed by atoms with van der Waals surface area (Å²) in [4.78, 5) is 9.07. The number of rotatable bonds is 7. The molecule has 27 aromatic rings. The molecule has 0 unspecified atom stereocenters. The van der Waals surface area contributed by atoms with Crippen molar-refractivity contribution in [1.29, 1.82) is 0 Å². The standard InChI is InChI=1S/C31H26NO.C29H22NO.C23H19N2O.C23H18NO.C22H17N2O/c1-19-10-13-26(20(2)14-19)30-29-27-16-25-15-23(22-8-6-5-7-9-22)11-12-24(25)17-28(27)33-31(29)21(3)18-32(30)4;1-19-8-6-7-11-23(19)28-27-24-15-14-21-12-13-22(20-9-4-3-5-10-20)18-25(21)29(24)31-26(27)16-17-30(28)2;1-14-6-8-17(15(2)13-14)22-20-18-9-7-16-5-4-11-24-21(16)23(18)26-19(20)10-12-25(22)3;1-15-7-3-5-9-17(15)21-13-22-20(14-24(21)2)19-12-11-16-8-4-6-10-18(16)23(19)25-22;1-14-6-3-4-8-16(14)21-19-17-10-9-15-7-5-12-23-20(15)22(17)25-18(19)11-13-24(21)2/h5-18H,1-4H3;3-18H,1-2H3;4-13H,1-3H3;3-14H,1-2H3;3-13H,1-2H3/q5*+1/i1D3,3D3;;1D3;;. The van der Waals surface area contributed by atoms with Crippen molar-refractivity contribution in [3.63, 3.8) is 0 Å². The van der Waals surface area contributed by atoms with Crippen LogP contribution in [0.25, 0.3) is 242 Å². The molecule has 0 aliphatic carbocycles. The van der Waals surface area contributed by atoms with E-state index in [4.69, 9.17) is 34.4 Å². The van der Waals surface area contributed by atoms with Crippen LogP contribution >= 0.6 is 0 Å². The number of nitrogens with zero attached hydrogens (tertiary/aromatic N) is 7. The Labute approximate surface area is 822 Å². The van der Waals surface area contributed by atoms with E-state index in [-0.39, 0.29) is 11.1 Å². The van der Waals surface area contributed by atoms with Crippen molar-refractivity contribution in [2.45, 2.75) is 55.2 Å². The molecule has 0 radical (unpaired) electrons. The van der Waals surface area contributed by atoms with E-state index in [0.717, 1.165) is 176 Å². The van der Waals surface area contributed by atoms with Crippen LogP contribution in [0.15, 0.2) is 405 Å². The van der Waals surface area contributed by atoms with Crippen LogP contribution in [0.5, 0.6) is 0 Å². The summed E-state index contributed by atoms with van der Waals surface area (Å²) in [5.41, 5.74) is 31.3. The first-order valence-corrected chi connectivity index (χ1v) is 47.0. The number of furan rings is 5.